The second-order valence-corrected chi connectivity index (χ2v) is 4.45. The normalized spacial score (nSPS) is 10.1. The zero-order valence-electron chi connectivity index (χ0n) is 9.95. The molecular weight excluding hydrogens is 371 g/mol. The lowest BCUT2D eigenvalue weighted by molar-refractivity contribution is -0.142. The molecule has 0 heterocycles. The van der Waals surface area contributed by atoms with Crippen molar-refractivity contribution in [2.45, 2.75) is 20.0 Å². The van der Waals surface area contributed by atoms with E-state index in [0.29, 0.717) is 9.13 Å². The van der Waals surface area contributed by atoms with Crippen molar-refractivity contribution in [1.82, 2.24) is 0 Å². The lowest BCUT2D eigenvalue weighted by Gasteiger charge is -2.13. The van der Waals surface area contributed by atoms with Gasteiger partial charge in [0.15, 0.2) is 0 Å². The molecule has 0 amide bonds. The van der Waals surface area contributed by atoms with Gasteiger partial charge >= 0.3 is 12.6 Å². The molecule has 0 aliphatic heterocycles. The summed E-state index contributed by atoms with van der Waals surface area (Å²) in [6.45, 7) is -1.16. The number of hydrogen-bond acceptors (Lipinski definition) is 4. The van der Waals surface area contributed by atoms with Gasteiger partial charge in [-0.3, -0.25) is 4.79 Å². The van der Waals surface area contributed by atoms with E-state index in [1.165, 1.54) is 12.1 Å². The van der Waals surface area contributed by atoms with Crippen LogP contribution in [0.4, 0.5) is 8.78 Å². The molecular formula is C12H10F2INO3. The maximum atomic E-state index is 12.3. The topological polar surface area (TPSA) is 59.3 Å². The molecule has 0 fully saturated rings. The minimum atomic E-state index is -3.00. The lowest BCUT2D eigenvalue weighted by Crippen LogP contribution is -2.12. The van der Waals surface area contributed by atoms with E-state index in [1.807, 2.05) is 28.7 Å². The average molecular weight is 381 g/mol. The van der Waals surface area contributed by atoms with E-state index in [2.05, 4.69) is 4.74 Å². The van der Waals surface area contributed by atoms with Gasteiger partial charge in [0.2, 0.25) is 0 Å². The van der Waals surface area contributed by atoms with Crippen LogP contribution in [0.2, 0.25) is 0 Å². The van der Waals surface area contributed by atoms with Gasteiger partial charge in [-0.15, -0.1) is 0 Å². The van der Waals surface area contributed by atoms with Crippen molar-refractivity contribution in [3.05, 3.63) is 26.8 Å². The quantitative estimate of drug-likeness (QED) is 0.582. The van der Waals surface area contributed by atoms with Crippen molar-refractivity contribution < 1.29 is 23.0 Å². The fourth-order valence-corrected chi connectivity index (χ4v) is 2.17. The third-order valence-corrected chi connectivity index (χ3v) is 3.40. The van der Waals surface area contributed by atoms with E-state index in [9.17, 15) is 13.6 Å². The highest BCUT2D eigenvalue weighted by molar-refractivity contribution is 14.1. The molecule has 1 aromatic carbocycles. The molecule has 0 aliphatic rings. The summed E-state index contributed by atoms with van der Waals surface area (Å²) in [4.78, 5) is 11.5. The first-order valence-electron chi connectivity index (χ1n) is 5.31. The number of halogens is 3. The van der Waals surface area contributed by atoms with E-state index >= 15 is 0 Å². The van der Waals surface area contributed by atoms with Crippen LogP contribution in [0.1, 0.15) is 18.1 Å². The van der Waals surface area contributed by atoms with Crippen LogP contribution >= 0.6 is 22.6 Å². The van der Waals surface area contributed by atoms with Gasteiger partial charge in [0, 0.05) is 9.13 Å². The number of carbonyl (C=O) groups is 1. The fraction of sp³-hybridized carbons (Fsp3) is 0.333. The predicted octanol–water partition coefficient (Wildman–Crippen LogP) is 2.87. The summed E-state index contributed by atoms with van der Waals surface area (Å²) in [5.41, 5.74) is 0.528. The van der Waals surface area contributed by atoms with Gasteiger partial charge in [-0.1, -0.05) is 0 Å². The Labute approximate surface area is 122 Å². The molecule has 0 unspecified atom stereocenters. The van der Waals surface area contributed by atoms with Crippen LogP contribution in [0, 0.1) is 14.9 Å². The smallest absolute Gasteiger partial charge is 0.387 e. The van der Waals surface area contributed by atoms with Crippen LogP contribution in [0.15, 0.2) is 12.1 Å². The summed E-state index contributed by atoms with van der Waals surface area (Å²) >= 11 is 1.82. The van der Waals surface area contributed by atoms with Gasteiger partial charge < -0.3 is 9.47 Å². The van der Waals surface area contributed by atoms with Crippen LogP contribution < -0.4 is 4.74 Å². The molecule has 0 bridgehead atoms. The summed E-state index contributed by atoms with van der Waals surface area (Å²) in [7, 11) is 0. The molecule has 0 spiro atoms. The molecule has 1 aromatic rings. The number of alkyl halides is 2. The molecule has 19 heavy (non-hydrogen) atoms. The van der Waals surface area contributed by atoms with Crippen LogP contribution in [0.3, 0.4) is 0 Å². The molecule has 0 saturated carbocycles. The molecule has 0 aliphatic carbocycles. The predicted molar refractivity (Wildman–Crippen MR) is 70.8 cm³/mol. The first-order chi connectivity index (χ1) is 8.99. The van der Waals surface area contributed by atoms with Gasteiger partial charge in [-0.05, 0) is 41.6 Å². The molecule has 0 N–H and O–H groups in total. The first-order valence-corrected chi connectivity index (χ1v) is 6.39. The Balaban J connectivity index is 3.15. The van der Waals surface area contributed by atoms with Crippen molar-refractivity contribution in [2.24, 2.45) is 0 Å². The standard InChI is InChI=1S/C12H10F2INO3/c1-2-18-10(17)5-8-9(19-12(13)14)4-3-7(6-16)11(8)15/h3-4,12H,2,5H2,1H3. The van der Waals surface area contributed by atoms with Gasteiger partial charge in [0.05, 0.1) is 18.6 Å². The van der Waals surface area contributed by atoms with E-state index in [0.717, 1.165) is 0 Å². The third-order valence-electron chi connectivity index (χ3n) is 2.16. The number of rotatable bonds is 5. The Morgan fingerprint density at radius 1 is 1.53 bits per heavy atom. The van der Waals surface area contributed by atoms with Crippen molar-refractivity contribution >= 4 is 28.6 Å². The zero-order valence-corrected chi connectivity index (χ0v) is 12.1. The summed E-state index contributed by atoms with van der Waals surface area (Å²) in [6, 6.07) is 4.54. The summed E-state index contributed by atoms with van der Waals surface area (Å²) in [5, 5.41) is 8.89. The fourth-order valence-electron chi connectivity index (χ4n) is 1.42. The lowest BCUT2D eigenvalue weighted by atomic mass is 10.1. The number of esters is 1. The van der Waals surface area contributed by atoms with Gasteiger partial charge in [0.1, 0.15) is 11.8 Å². The third kappa shape index (κ3) is 4.31. The molecule has 102 valence electrons. The summed E-state index contributed by atoms with van der Waals surface area (Å²) in [5.74, 6) is -0.680. The SMILES string of the molecule is CCOC(=O)Cc1c(OC(F)F)ccc(C#N)c1I. The molecule has 0 saturated heterocycles. The van der Waals surface area contributed by atoms with E-state index in [1.54, 1.807) is 6.92 Å². The van der Waals surface area contributed by atoms with Crippen LogP contribution in [0.25, 0.3) is 0 Å². The minimum Gasteiger partial charge on any atom is -0.466 e. The molecule has 0 atom stereocenters. The number of ether oxygens (including phenoxy) is 2. The van der Waals surface area contributed by atoms with Gasteiger partial charge in [-0.25, -0.2) is 0 Å². The van der Waals surface area contributed by atoms with Crippen LogP contribution in [0.5, 0.6) is 5.75 Å². The zero-order chi connectivity index (χ0) is 14.4. The van der Waals surface area contributed by atoms with E-state index < -0.39 is 12.6 Å². The van der Waals surface area contributed by atoms with Gasteiger partial charge in [0.25, 0.3) is 0 Å². The van der Waals surface area contributed by atoms with Crippen molar-refractivity contribution in [2.75, 3.05) is 6.61 Å². The van der Waals surface area contributed by atoms with Crippen molar-refractivity contribution in [1.29, 1.82) is 5.26 Å². The highest BCUT2D eigenvalue weighted by Gasteiger charge is 2.18. The minimum absolute atomic E-state index is 0.119. The van der Waals surface area contributed by atoms with E-state index in [4.69, 9.17) is 10.00 Å². The summed E-state index contributed by atoms with van der Waals surface area (Å²) in [6.07, 6.45) is -0.219. The second kappa shape index (κ2) is 7.23. The monoisotopic (exact) mass is 381 g/mol. The van der Waals surface area contributed by atoms with Crippen LogP contribution in [-0.2, 0) is 16.0 Å². The number of nitriles is 1. The number of nitrogens with zero attached hydrogens (tertiary/aromatic N) is 1. The Morgan fingerprint density at radius 2 is 2.21 bits per heavy atom. The summed E-state index contributed by atoms with van der Waals surface area (Å²) < 4.78 is 34.1. The Kier molecular flexibility index (Phi) is 5.95. The maximum Gasteiger partial charge on any atom is 0.387 e. The number of hydrogen-bond donors (Lipinski definition) is 0. The maximum absolute atomic E-state index is 12.3. The van der Waals surface area contributed by atoms with Crippen LogP contribution in [-0.4, -0.2) is 19.2 Å². The molecule has 0 aromatic heterocycles. The highest BCUT2D eigenvalue weighted by Crippen LogP contribution is 2.29. The van der Waals surface area contributed by atoms with Crippen molar-refractivity contribution in [3.8, 4) is 11.8 Å². The molecule has 1 rings (SSSR count). The second-order valence-electron chi connectivity index (χ2n) is 3.38. The highest BCUT2D eigenvalue weighted by atomic mass is 127. The van der Waals surface area contributed by atoms with Crippen molar-refractivity contribution in [3.63, 3.8) is 0 Å². The average Bonchev–Trinajstić information content (AvgIpc) is 2.34. The van der Waals surface area contributed by atoms with E-state index in [-0.39, 0.29) is 24.3 Å². The Hall–Kier alpha value is -1.43. The molecule has 7 heteroatoms. The largest absolute Gasteiger partial charge is 0.466 e. The Morgan fingerprint density at radius 3 is 2.74 bits per heavy atom. The molecule has 4 nitrogen and oxygen atoms in total. The van der Waals surface area contributed by atoms with Gasteiger partial charge in [-0.2, -0.15) is 14.0 Å². The number of carbonyl (C=O) groups excluding carboxylic acids is 1. The Bertz CT molecular complexity index is 514. The number of benzene rings is 1. The first kappa shape index (κ1) is 15.6. The molecule has 0 radical (unpaired) electrons.